The molecular weight excluding hydrogens is 376 g/mol. The number of hydroxylamine groups is 1. The SMILES string of the molecule is O=C(NO)c1cc2ccc(NSc3ccc(-c4ccccc4)cc3)cc2s1. The molecule has 4 aromatic rings. The summed E-state index contributed by atoms with van der Waals surface area (Å²) in [5, 5.41) is 9.74. The Balaban J connectivity index is 1.46. The summed E-state index contributed by atoms with van der Waals surface area (Å²) in [6.45, 7) is 0. The Labute approximate surface area is 165 Å². The van der Waals surface area contributed by atoms with Crippen LogP contribution in [0.3, 0.4) is 0 Å². The summed E-state index contributed by atoms with van der Waals surface area (Å²) in [7, 11) is 0. The molecule has 0 spiro atoms. The van der Waals surface area contributed by atoms with Crippen LogP contribution in [-0.4, -0.2) is 11.1 Å². The van der Waals surface area contributed by atoms with Crippen molar-refractivity contribution in [1.29, 1.82) is 0 Å². The Kier molecular flexibility index (Phi) is 5.11. The molecule has 3 aromatic carbocycles. The van der Waals surface area contributed by atoms with Crippen LogP contribution in [-0.2, 0) is 0 Å². The highest BCUT2D eigenvalue weighted by molar-refractivity contribution is 8.00. The Bertz CT molecular complexity index is 1080. The summed E-state index contributed by atoms with van der Waals surface area (Å²) in [6, 6.07) is 26.4. The van der Waals surface area contributed by atoms with Crippen LogP contribution in [0.1, 0.15) is 9.67 Å². The fraction of sp³-hybridized carbons (Fsp3) is 0. The monoisotopic (exact) mass is 392 g/mol. The zero-order valence-corrected chi connectivity index (χ0v) is 15.8. The third kappa shape index (κ3) is 3.98. The second kappa shape index (κ2) is 7.84. The molecule has 0 aliphatic heterocycles. The summed E-state index contributed by atoms with van der Waals surface area (Å²) in [5.41, 5.74) is 5.02. The second-order valence-corrected chi connectivity index (χ2v) is 7.86. The number of thiophene rings is 1. The average molecular weight is 393 g/mol. The predicted molar refractivity (Wildman–Crippen MR) is 112 cm³/mol. The lowest BCUT2D eigenvalue weighted by Gasteiger charge is -2.07. The third-order valence-corrected chi connectivity index (χ3v) is 6.04. The van der Waals surface area contributed by atoms with E-state index < -0.39 is 5.91 Å². The van der Waals surface area contributed by atoms with E-state index in [1.807, 2.05) is 36.4 Å². The van der Waals surface area contributed by atoms with Crippen molar-refractivity contribution in [1.82, 2.24) is 5.48 Å². The molecule has 0 radical (unpaired) electrons. The predicted octanol–water partition coefficient (Wildman–Crippen LogP) is 5.81. The van der Waals surface area contributed by atoms with E-state index in [9.17, 15) is 4.79 Å². The average Bonchev–Trinajstić information content (AvgIpc) is 3.16. The third-order valence-electron chi connectivity index (χ3n) is 4.09. The van der Waals surface area contributed by atoms with Gasteiger partial charge in [0.1, 0.15) is 0 Å². The van der Waals surface area contributed by atoms with Gasteiger partial charge in [0.25, 0.3) is 5.91 Å². The van der Waals surface area contributed by atoms with E-state index >= 15 is 0 Å². The molecule has 3 N–H and O–H groups in total. The molecule has 4 nitrogen and oxygen atoms in total. The molecule has 6 heteroatoms. The fourth-order valence-corrected chi connectivity index (χ4v) is 4.35. The molecule has 4 rings (SSSR count). The molecule has 0 unspecified atom stereocenters. The van der Waals surface area contributed by atoms with E-state index in [4.69, 9.17) is 5.21 Å². The minimum Gasteiger partial charge on any atom is -0.326 e. The topological polar surface area (TPSA) is 61.4 Å². The lowest BCUT2D eigenvalue weighted by molar-refractivity contribution is 0.0711. The zero-order chi connectivity index (χ0) is 18.6. The van der Waals surface area contributed by atoms with Gasteiger partial charge in [-0.2, -0.15) is 0 Å². The van der Waals surface area contributed by atoms with Gasteiger partial charge in [-0.1, -0.05) is 48.5 Å². The van der Waals surface area contributed by atoms with Crippen LogP contribution in [0.2, 0.25) is 0 Å². The Morgan fingerprint density at radius 2 is 1.63 bits per heavy atom. The molecule has 0 bridgehead atoms. The van der Waals surface area contributed by atoms with Gasteiger partial charge < -0.3 is 4.72 Å². The molecule has 1 amide bonds. The maximum atomic E-state index is 11.5. The largest absolute Gasteiger partial charge is 0.326 e. The smallest absolute Gasteiger partial charge is 0.284 e. The molecule has 1 aromatic heterocycles. The van der Waals surface area contributed by atoms with Crippen molar-refractivity contribution < 1.29 is 10.0 Å². The van der Waals surface area contributed by atoms with Gasteiger partial charge in [0.2, 0.25) is 0 Å². The van der Waals surface area contributed by atoms with Gasteiger partial charge in [-0.15, -0.1) is 11.3 Å². The van der Waals surface area contributed by atoms with Crippen LogP contribution in [0.15, 0.2) is 83.8 Å². The van der Waals surface area contributed by atoms with Crippen molar-refractivity contribution >= 4 is 45.0 Å². The molecule has 0 saturated carbocycles. The summed E-state index contributed by atoms with van der Waals surface area (Å²) in [5.74, 6) is -0.487. The van der Waals surface area contributed by atoms with E-state index in [0.717, 1.165) is 20.7 Å². The maximum Gasteiger partial charge on any atom is 0.284 e. The first-order chi connectivity index (χ1) is 13.2. The first-order valence-electron chi connectivity index (χ1n) is 8.29. The molecule has 0 fully saturated rings. The molecule has 27 heavy (non-hydrogen) atoms. The van der Waals surface area contributed by atoms with E-state index in [0.29, 0.717) is 4.88 Å². The first-order valence-corrected chi connectivity index (χ1v) is 9.92. The Morgan fingerprint density at radius 1 is 0.889 bits per heavy atom. The molecule has 0 aliphatic rings. The Morgan fingerprint density at radius 3 is 2.37 bits per heavy atom. The van der Waals surface area contributed by atoms with E-state index in [2.05, 4.69) is 41.1 Å². The number of nitrogens with one attached hydrogen (secondary N) is 2. The summed E-state index contributed by atoms with van der Waals surface area (Å²) >= 11 is 2.88. The van der Waals surface area contributed by atoms with Crippen molar-refractivity contribution in [3.63, 3.8) is 0 Å². The van der Waals surface area contributed by atoms with Crippen LogP contribution in [0, 0.1) is 0 Å². The normalized spacial score (nSPS) is 10.7. The number of hydrogen-bond donors (Lipinski definition) is 3. The molecule has 0 saturated heterocycles. The highest BCUT2D eigenvalue weighted by Crippen LogP contribution is 2.31. The highest BCUT2D eigenvalue weighted by atomic mass is 32.2. The number of fused-ring (bicyclic) bond motifs is 1. The van der Waals surface area contributed by atoms with Crippen LogP contribution in [0.5, 0.6) is 0 Å². The van der Waals surface area contributed by atoms with Crippen molar-refractivity contribution in [3.05, 3.63) is 83.7 Å². The van der Waals surface area contributed by atoms with Gasteiger partial charge in [0.05, 0.1) is 4.88 Å². The van der Waals surface area contributed by atoms with Crippen molar-refractivity contribution in [2.75, 3.05) is 4.72 Å². The minimum absolute atomic E-state index is 0.480. The molecule has 0 atom stereocenters. The summed E-state index contributed by atoms with van der Waals surface area (Å²) in [6.07, 6.45) is 0. The van der Waals surface area contributed by atoms with Gasteiger partial charge in [-0.05, 0) is 58.8 Å². The quantitative estimate of drug-likeness (QED) is 0.228. The highest BCUT2D eigenvalue weighted by Gasteiger charge is 2.09. The molecule has 1 heterocycles. The van der Waals surface area contributed by atoms with Gasteiger partial charge >= 0.3 is 0 Å². The second-order valence-electron chi connectivity index (χ2n) is 5.90. The van der Waals surface area contributed by atoms with Crippen LogP contribution >= 0.6 is 23.3 Å². The number of anilines is 1. The van der Waals surface area contributed by atoms with Gasteiger partial charge in [-0.25, -0.2) is 5.48 Å². The zero-order valence-electron chi connectivity index (χ0n) is 14.2. The number of benzene rings is 3. The number of carbonyl (C=O) groups excluding carboxylic acids is 1. The van der Waals surface area contributed by atoms with Crippen molar-refractivity contribution in [3.8, 4) is 11.1 Å². The number of carbonyl (C=O) groups is 1. The lowest BCUT2D eigenvalue weighted by atomic mass is 10.1. The van der Waals surface area contributed by atoms with Gasteiger partial charge in [0, 0.05) is 15.3 Å². The molecule has 134 valence electrons. The number of amides is 1. The van der Waals surface area contributed by atoms with Gasteiger partial charge in [0.15, 0.2) is 0 Å². The minimum atomic E-state index is -0.487. The van der Waals surface area contributed by atoms with E-state index in [-0.39, 0.29) is 0 Å². The Hall–Kier alpha value is -2.80. The van der Waals surface area contributed by atoms with Crippen LogP contribution in [0.4, 0.5) is 5.69 Å². The molecule has 0 aliphatic carbocycles. The van der Waals surface area contributed by atoms with Crippen LogP contribution in [0.25, 0.3) is 21.2 Å². The summed E-state index contributed by atoms with van der Waals surface area (Å²) < 4.78 is 4.32. The van der Waals surface area contributed by atoms with Crippen molar-refractivity contribution in [2.24, 2.45) is 0 Å². The maximum absolute atomic E-state index is 11.5. The van der Waals surface area contributed by atoms with Crippen LogP contribution < -0.4 is 10.2 Å². The standard InChI is InChI=1S/C21H16N2O2S2/c24-21(22-25)20-12-16-6-9-17(13-19(16)26-20)23-27-18-10-7-15(8-11-18)14-4-2-1-3-5-14/h1-13,23,25H,(H,22,24). The lowest BCUT2D eigenvalue weighted by Crippen LogP contribution is -2.16. The van der Waals surface area contributed by atoms with Crippen molar-refractivity contribution in [2.45, 2.75) is 4.90 Å². The van der Waals surface area contributed by atoms with Gasteiger partial charge in [-0.3, -0.25) is 10.0 Å². The number of rotatable bonds is 5. The first kappa shape index (κ1) is 17.6. The number of hydrogen-bond acceptors (Lipinski definition) is 5. The van der Waals surface area contributed by atoms with E-state index in [1.165, 1.54) is 34.4 Å². The summed E-state index contributed by atoms with van der Waals surface area (Å²) in [4.78, 5) is 13.1. The molecular formula is C21H16N2O2S2. The fourth-order valence-electron chi connectivity index (χ4n) is 2.73. The van der Waals surface area contributed by atoms with E-state index in [1.54, 1.807) is 11.5 Å².